The monoisotopic (exact) mass is 236 g/mol. The number of hydrogen-bond donors (Lipinski definition) is 1. The van der Waals surface area contributed by atoms with E-state index in [9.17, 15) is 0 Å². The Bertz CT molecular complexity index is 350. The maximum absolute atomic E-state index is 5.96. The maximum atomic E-state index is 5.96. The molecule has 2 rings (SSSR count). The van der Waals surface area contributed by atoms with Crippen LogP contribution in [0.25, 0.3) is 0 Å². The lowest BCUT2D eigenvalue weighted by Gasteiger charge is -2.39. The van der Waals surface area contributed by atoms with Crippen LogP contribution in [0.1, 0.15) is 31.9 Å². The van der Waals surface area contributed by atoms with Gasteiger partial charge in [0.15, 0.2) is 0 Å². The number of aromatic nitrogens is 2. The highest BCUT2D eigenvalue weighted by Gasteiger charge is 2.28. The van der Waals surface area contributed by atoms with Crippen molar-refractivity contribution in [2.24, 2.45) is 24.6 Å². The Morgan fingerprint density at radius 1 is 1.41 bits per heavy atom. The lowest BCUT2D eigenvalue weighted by atomic mass is 9.90. The maximum Gasteiger partial charge on any atom is 0.0538 e. The summed E-state index contributed by atoms with van der Waals surface area (Å²) in [6.07, 6.45) is 5.36. The second-order valence-corrected chi connectivity index (χ2v) is 5.60. The van der Waals surface area contributed by atoms with E-state index in [1.54, 1.807) is 0 Å². The van der Waals surface area contributed by atoms with Crippen molar-refractivity contribution in [2.75, 3.05) is 19.6 Å². The predicted molar refractivity (Wildman–Crippen MR) is 69.5 cm³/mol. The average molecular weight is 236 g/mol. The summed E-state index contributed by atoms with van der Waals surface area (Å²) in [5.41, 5.74) is 7.20. The van der Waals surface area contributed by atoms with Crippen LogP contribution in [0.4, 0.5) is 0 Å². The lowest BCUT2D eigenvalue weighted by Crippen LogP contribution is -2.43. The molecule has 96 valence electrons. The summed E-state index contributed by atoms with van der Waals surface area (Å²) >= 11 is 0. The number of nitrogens with two attached hydrogens (primary N) is 1. The standard InChI is InChI=1S/C13H24N4/c1-10-4-11(2)8-17(7-10)13(5-14)12-6-15-16(3)9-12/h6,9-11,13H,4-5,7-8,14H2,1-3H3. The Hall–Kier alpha value is -0.870. The zero-order chi connectivity index (χ0) is 12.4. The van der Waals surface area contributed by atoms with Gasteiger partial charge in [-0.3, -0.25) is 9.58 Å². The average Bonchev–Trinajstić information content (AvgIpc) is 2.64. The van der Waals surface area contributed by atoms with Gasteiger partial charge in [0.05, 0.1) is 12.2 Å². The summed E-state index contributed by atoms with van der Waals surface area (Å²) in [5, 5.41) is 4.25. The predicted octanol–water partition coefficient (Wildman–Crippen LogP) is 1.40. The van der Waals surface area contributed by atoms with E-state index in [-0.39, 0.29) is 0 Å². The largest absolute Gasteiger partial charge is 0.329 e. The van der Waals surface area contributed by atoms with E-state index in [4.69, 9.17) is 5.73 Å². The molecule has 0 amide bonds. The Balaban J connectivity index is 2.12. The minimum Gasteiger partial charge on any atom is -0.329 e. The Kier molecular flexibility index (Phi) is 3.84. The number of likely N-dealkylation sites (tertiary alicyclic amines) is 1. The highest BCUT2D eigenvalue weighted by atomic mass is 15.3. The summed E-state index contributed by atoms with van der Waals surface area (Å²) in [5.74, 6) is 1.54. The molecule has 17 heavy (non-hydrogen) atoms. The molecule has 1 aromatic rings. The van der Waals surface area contributed by atoms with Crippen molar-refractivity contribution in [2.45, 2.75) is 26.3 Å². The van der Waals surface area contributed by atoms with E-state index in [0.717, 1.165) is 24.9 Å². The van der Waals surface area contributed by atoms with Crippen LogP contribution in [0.5, 0.6) is 0 Å². The lowest BCUT2D eigenvalue weighted by molar-refractivity contribution is 0.0984. The first-order valence-electron chi connectivity index (χ1n) is 6.52. The summed E-state index contributed by atoms with van der Waals surface area (Å²) in [7, 11) is 1.96. The van der Waals surface area contributed by atoms with Crippen molar-refractivity contribution >= 4 is 0 Å². The van der Waals surface area contributed by atoms with Crippen LogP contribution in [-0.4, -0.2) is 34.3 Å². The van der Waals surface area contributed by atoms with Gasteiger partial charge in [0.25, 0.3) is 0 Å². The van der Waals surface area contributed by atoms with E-state index in [1.807, 2.05) is 17.9 Å². The highest BCUT2D eigenvalue weighted by Crippen LogP contribution is 2.28. The van der Waals surface area contributed by atoms with Gasteiger partial charge in [0.1, 0.15) is 0 Å². The second-order valence-electron chi connectivity index (χ2n) is 5.60. The van der Waals surface area contributed by atoms with Crippen LogP contribution in [0.15, 0.2) is 12.4 Å². The van der Waals surface area contributed by atoms with Gasteiger partial charge in [-0.15, -0.1) is 0 Å². The molecule has 1 aliphatic heterocycles. The summed E-state index contributed by atoms with van der Waals surface area (Å²) in [6, 6.07) is 0.328. The third kappa shape index (κ3) is 2.87. The van der Waals surface area contributed by atoms with Crippen LogP contribution in [0.3, 0.4) is 0 Å². The molecule has 0 radical (unpaired) electrons. The first kappa shape index (κ1) is 12.6. The molecule has 1 aromatic heterocycles. The Morgan fingerprint density at radius 2 is 2.06 bits per heavy atom. The zero-order valence-corrected chi connectivity index (χ0v) is 11.1. The molecule has 0 saturated carbocycles. The number of hydrogen-bond acceptors (Lipinski definition) is 3. The van der Waals surface area contributed by atoms with Crippen molar-refractivity contribution in [1.29, 1.82) is 0 Å². The van der Waals surface area contributed by atoms with Gasteiger partial charge >= 0.3 is 0 Å². The molecule has 4 nitrogen and oxygen atoms in total. The van der Waals surface area contributed by atoms with E-state index < -0.39 is 0 Å². The molecule has 4 heteroatoms. The fourth-order valence-corrected chi connectivity index (χ4v) is 3.07. The van der Waals surface area contributed by atoms with Crippen molar-refractivity contribution in [1.82, 2.24) is 14.7 Å². The highest BCUT2D eigenvalue weighted by molar-refractivity contribution is 5.11. The van der Waals surface area contributed by atoms with Crippen molar-refractivity contribution in [3.8, 4) is 0 Å². The molecule has 1 fully saturated rings. The number of piperidine rings is 1. The molecule has 2 N–H and O–H groups in total. The van der Waals surface area contributed by atoms with E-state index >= 15 is 0 Å². The second kappa shape index (κ2) is 5.19. The Morgan fingerprint density at radius 3 is 2.53 bits per heavy atom. The van der Waals surface area contributed by atoms with E-state index in [0.29, 0.717) is 12.6 Å². The number of nitrogens with zero attached hydrogens (tertiary/aromatic N) is 3. The van der Waals surface area contributed by atoms with Gasteiger partial charge in [-0.1, -0.05) is 13.8 Å². The van der Waals surface area contributed by atoms with Crippen LogP contribution in [-0.2, 0) is 7.05 Å². The first-order valence-corrected chi connectivity index (χ1v) is 6.52. The van der Waals surface area contributed by atoms with Crippen LogP contribution in [0.2, 0.25) is 0 Å². The molecule has 0 spiro atoms. The zero-order valence-electron chi connectivity index (χ0n) is 11.1. The number of rotatable bonds is 3. The van der Waals surface area contributed by atoms with Crippen LogP contribution >= 0.6 is 0 Å². The smallest absolute Gasteiger partial charge is 0.0538 e. The molecule has 0 aromatic carbocycles. The van der Waals surface area contributed by atoms with Gasteiger partial charge in [-0.05, 0) is 18.3 Å². The SMILES string of the molecule is CC1CC(C)CN(C(CN)c2cnn(C)c2)C1. The molecular weight excluding hydrogens is 212 g/mol. The third-order valence-corrected chi connectivity index (χ3v) is 3.67. The fourth-order valence-electron chi connectivity index (χ4n) is 3.07. The first-order chi connectivity index (χ1) is 8.10. The molecule has 0 aliphatic carbocycles. The van der Waals surface area contributed by atoms with Crippen LogP contribution in [0, 0.1) is 11.8 Å². The molecule has 2 heterocycles. The molecule has 3 unspecified atom stereocenters. The summed E-state index contributed by atoms with van der Waals surface area (Å²) in [6.45, 7) is 7.65. The topological polar surface area (TPSA) is 47.1 Å². The molecular formula is C13H24N4. The minimum absolute atomic E-state index is 0.328. The van der Waals surface area contributed by atoms with Gasteiger partial charge in [-0.25, -0.2) is 0 Å². The third-order valence-electron chi connectivity index (χ3n) is 3.67. The van der Waals surface area contributed by atoms with Gasteiger partial charge in [0, 0.05) is 38.4 Å². The molecule has 1 aliphatic rings. The normalized spacial score (nSPS) is 28.2. The van der Waals surface area contributed by atoms with Crippen LogP contribution < -0.4 is 5.73 Å². The molecule has 1 saturated heterocycles. The van der Waals surface area contributed by atoms with Gasteiger partial charge in [-0.2, -0.15) is 5.10 Å². The summed E-state index contributed by atoms with van der Waals surface area (Å²) in [4.78, 5) is 2.52. The van der Waals surface area contributed by atoms with E-state index in [1.165, 1.54) is 12.0 Å². The minimum atomic E-state index is 0.328. The molecule has 3 atom stereocenters. The molecule has 0 bridgehead atoms. The van der Waals surface area contributed by atoms with Gasteiger partial charge < -0.3 is 5.73 Å². The van der Waals surface area contributed by atoms with Crippen molar-refractivity contribution in [3.05, 3.63) is 18.0 Å². The quantitative estimate of drug-likeness (QED) is 0.863. The number of aryl methyl sites for hydroxylation is 1. The Labute approximate surface area is 104 Å². The van der Waals surface area contributed by atoms with Crippen molar-refractivity contribution < 1.29 is 0 Å². The van der Waals surface area contributed by atoms with Crippen molar-refractivity contribution in [3.63, 3.8) is 0 Å². The summed E-state index contributed by atoms with van der Waals surface area (Å²) < 4.78 is 1.86. The van der Waals surface area contributed by atoms with Gasteiger partial charge in [0.2, 0.25) is 0 Å². The fraction of sp³-hybridized carbons (Fsp3) is 0.769. The van der Waals surface area contributed by atoms with E-state index in [2.05, 4.69) is 30.0 Å².